The van der Waals surface area contributed by atoms with Gasteiger partial charge in [0.15, 0.2) is 4.80 Å². The molecule has 0 saturated heterocycles. The van der Waals surface area contributed by atoms with Crippen LogP contribution in [0.3, 0.4) is 0 Å². The van der Waals surface area contributed by atoms with E-state index in [1.54, 1.807) is 11.3 Å². The monoisotopic (exact) mass is 382 g/mol. The normalized spacial score (nSPS) is 12.1. The molecule has 0 aliphatic heterocycles. The number of nitrogens with zero attached hydrogens (tertiary/aromatic N) is 2. The van der Waals surface area contributed by atoms with Crippen molar-refractivity contribution in [3.05, 3.63) is 63.0 Å². The molecule has 0 fully saturated rings. The third-order valence-electron chi connectivity index (χ3n) is 4.78. The van der Waals surface area contributed by atoms with Crippen molar-refractivity contribution in [3.63, 3.8) is 0 Å². The molecule has 0 atom stereocenters. The zero-order valence-electron chi connectivity index (χ0n) is 16.6. The molecule has 0 aliphatic rings. The molecule has 0 spiro atoms. The molecule has 1 aromatic heterocycles. The molecular formula is C22H26N2O2S. The van der Waals surface area contributed by atoms with Gasteiger partial charge in [0.25, 0.3) is 5.91 Å². The van der Waals surface area contributed by atoms with E-state index in [0.29, 0.717) is 25.3 Å². The lowest BCUT2D eigenvalue weighted by Crippen LogP contribution is -2.20. The number of fused-ring (bicyclic) bond motifs is 1. The third-order valence-corrected chi connectivity index (χ3v) is 5.82. The highest BCUT2D eigenvalue weighted by atomic mass is 32.1. The molecule has 0 unspecified atom stereocenters. The van der Waals surface area contributed by atoms with E-state index in [1.165, 1.54) is 11.1 Å². The molecule has 3 rings (SSSR count). The summed E-state index contributed by atoms with van der Waals surface area (Å²) < 4.78 is 8.79. The Morgan fingerprint density at radius 2 is 1.81 bits per heavy atom. The summed E-state index contributed by atoms with van der Waals surface area (Å²) in [6.45, 7) is 12.1. The van der Waals surface area contributed by atoms with Crippen molar-refractivity contribution in [2.24, 2.45) is 4.99 Å². The highest BCUT2D eigenvalue weighted by Crippen LogP contribution is 2.22. The maximum Gasteiger partial charge on any atom is 0.279 e. The van der Waals surface area contributed by atoms with Gasteiger partial charge in [0, 0.05) is 18.7 Å². The molecule has 5 heteroatoms. The van der Waals surface area contributed by atoms with Crippen LogP contribution >= 0.6 is 11.3 Å². The molecule has 0 N–H and O–H groups in total. The van der Waals surface area contributed by atoms with Gasteiger partial charge in [-0.05, 0) is 69.5 Å². The topological polar surface area (TPSA) is 43.6 Å². The number of benzene rings is 2. The lowest BCUT2D eigenvalue weighted by molar-refractivity contribution is 0.0996. The number of carbonyl (C=O) groups is 1. The Balaban J connectivity index is 2.13. The number of hydrogen-bond donors (Lipinski definition) is 0. The molecule has 0 aliphatic carbocycles. The fraction of sp³-hybridized carbons (Fsp3) is 0.364. The van der Waals surface area contributed by atoms with E-state index < -0.39 is 0 Å². The van der Waals surface area contributed by atoms with Crippen LogP contribution < -0.4 is 4.80 Å². The van der Waals surface area contributed by atoms with E-state index in [4.69, 9.17) is 4.74 Å². The van der Waals surface area contributed by atoms with E-state index in [9.17, 15) is 4.79 Å². The van der Waals surface area contributed by atoms with E-state index >= 15 is 0 Å². The predicted molar refractivity (Wildman–Crippen MR) is 112 cm³/mol. The summed E-state index contributed by atoms with van der Waals surface area (Å²) in [5, 5.41) is 0. The summed E-state index contributed by atoms with van der Waals surface area (Å²) in [7, 11) is 0. The van der Waals surface area contributed by atoms with Crippen molar-refractivity contribution in [2.75, 3.05) is 13.2 Å². The Bertz CT molecular complexity index is 1060. The summed E-state index contributed by atoms with van der Waals surface area (Å²) in [4.78, 5) is 18.1. The molecule has 142 valence electrons. The van der Waals surface area contributed by atoms with Crippen LogP contribution in [-0.4, -0.2) is 23.7 Å². The Hall–Kier alpha value is -2.24. The maximum absolute atomic E-state index is 12.9. The van der Waals surface area contributed by atoms with Crippen molar-refractivity contribution in [3.8, 4) is 0 Å². The number of aromatic nitrogens is 1. The molecular weight excluding hydrogens is 356 g/mol. The maximum atomic E-state index is 12.9. The molecule has 0 radical (unpaired) electrons. The quantitative estimate of drug-likeness (QED) is 0.600. The van der Waals surface area contributed by atoms with Crippen molar-refractivity contribution < 1.29 is 9.53 Å². The first-order valence-electron chi connectivity index (χ1n) is 9.25. The summed E-state index contributed by atoms with van der Waals surface area (Å²) in [6, 6.07) is 10.2. The lowest BCUT2D eigenvalue weighted by atomic mass is 10.1. The van der Waals surface area contributed by atoms with Gasteiger partial charge in [0.05, 0.1) is 16.8 Å². The Kier molecular flexibility index (Phi) is 5.92. The number of rotatable bonds is 5. The first kappa shape index (κ1) is 19.5. The molecule has 27 heavy (non-hydrogen) atoms. The van der Waals surface area contributed by atoms with Gasteiger partial charge in [-0.15, -0.1) is 0 Å². The fourth-order valence-corrected chi connectivity index (χ4v) is 4.17. The smallest absolute Gasteiger partial charge is 0.279 e. The number of hydrogen-bond acceptors (Lipinski definition) is 3. The first-order valence-corrected chi connectivity index (χ1v) is 10.1. The highest BCUT2D eigenvalue weighted by molar-refractivity contribution is 7.16. The van der Waals surface area contributed by atoms with Crippen molar-refractivity contribution >= 4 is 27.5 Å². The zero-order valence-corrected chi connectivity index (χ0v) is 17.4. The number of thiazole rings is 1. The Labute approximate surface area is 164 Å². The van der Waals surface area contributed by atoms with Crippen LogP contribution in [0.4, 0.5) is 0 Å². The predicted octanol–water partition coefficient (Wildman–Crippen LogP) is 4.71. The second kappa shape index (κ2) is 8.19. The van der Waals surface area contributed by atoms with E-state index in [-0.39, 0.29) is 5.91 Å². The van der Waals surface area contributed by atoms with Crippen molar-refractivity contribution in [1.29, 1.82) is 0 Å². The average molecular weight is 383 g/mol. The molecule has 4 nitrogen and oxygen atoms in total. The van der Waals surface area contributed by atoms with Crippen LogP contribution in [0.25, 0.3) is 10.2 Å². The van der Waals surface area contributed by atoms with Gasteiger partial charge in [0.1, 0.15) is 0 Å². The van der Waals surface area contributed by atoms with Crippen LogP contribution in [0.1, 0.15) is 39.5 Å². The number of amides is 1. The van der Waals surface area contributed by atoms with Crippen LogP contribution in [0.2, 0.25) is 0 Å². The van der Waals surface area contributed by atoms with E-state index in [1.807, 2.05) is 39.0 Å². The summed E-state index contributed by atoms with van der Waals surface area (Å²) >= 11 is 1.56. The van der Waals surface area contributed by atoms with Gasteiger partial charge in [-0.2, -0.15) is 4.99 Å². The largest absolute Gasteiger partial charge is 0.380 e. The number of carbonyl (C=O) groups excluding carboxylic acids is 1. The van der Waals surface area contributed by atoms with Crippen LogP contribution in [0.15, 0.2) is 35.3 Å². The summed E-state index contributed by atoms with van der Waals surface area (Å²) in [5.41, 5.74) is 6.26. The molecule has 3 aromatic rings. The van der Waals surface area contributed by atoms with E-state index in [2.05, 4.69) is 35.5 Å². The minimum atomic E-state index is -0.193. The molecule has 0 saturated carbocycles. The van der Waals surface area contributed by atoms with E-state index in [0.717, 1.165) is 26.1 Å². The standard InChI is InChI=1S/C22H26N2O2S/c1-6-26-10-9-24-19-12-16(4)17(5)13-20(19)27-22(24)23-21(25)18-11-14(2)7-8-15(18)3/h7-8,11-13H,6,9-10H2,1-5H3. The minimum absolute atomic E-state index is 0.193. The van der Waals surface area contributed by atoms with Crippen LogP contribution in [0, 0.1) is 27.7 Å². The second-order valence-corrected chi connectivity index (χ2v) is 7.88. The van der Waals surface area contributed by atoms with Gasteiger partial charge in [-0.25, -0.2) is 0 Å². The van der Waals surface area contributed by atoms with Crippen LogP contribution in [0.5, 0.6) is 0 Å². The number of ether oxygens (including phenoxy) is 1. The van der Waals surface area contributed by atoms with Gasteiger partial charge in [-0.1, -0.05) is 29.0 Å². The molecule has 2 aromatic carbocycles. The SMILES string of the molecule is CCOCCn1c(=NC(=O)c2cc(C)ccc2C)sc2cc(C)c(C)cc21. The fourth-order valence-electron chi connectivity index (χ4n) is 3.04. The van der Waals surface area contributed by atoms with Crippen LogP contribution in [-0.2, 0) is 11.3 Å². The van der Waals surface area contributed by atoms with Gasteiger partial charge >= 0.3 is 0 Å². The van der Waals surface area contributed by atoms with Gasteiger partial charge < -0.3 is 9.30 Å². The zero-order chi connectivity index (χ0) is 19.6. The first-order chi connectivity index (χ1) is 12.9. The Morgan fingerprint density at radius 1 is 1.07 bits per heavy atom. The third kappa shape index (κ3) is 4.20. The number of aryl methyl sites for hydroxylation is 4. The minimum Gasteiger partial charge on any atom is -0.380 e. The van der Waals surface area contributed by atoms with Gasteiger partial charge in [-0.3, -0.25) is 4.79 Å². The highest BCUT2D eigenvalue weighted by Gasteiger charge is 2.12. The summed E-state index contributed by atoms with van der Waals surface area (Å²) in [6.07, 6.45) is 0. The lowest BCUT2D eigenvalue weighted by Gasteiger charge is -2.07. The van der Waals surface area contributed by atoms with Crippen molar-refractivity contribution in [1.82, 2.24) is 4.57 Å². The molecule has 1 amide bonds. The molecule has 1 heterocycles. The summed E-state index contributed by atoms with van der Waals surface area (Å²) in [5.74, 6) is -0.193. The second-order valence-electron chi connectivity index (χ2n) is 6.87. The average Bonchev–Trinajstić information content (AvgIpc) is 2.94. The van der Waals surface area contributed by atoms with Crippen molar-refractivity contribution in [2.45, 2.75) is 41.2 Å². The molecule has 0 bridgehead atoms. The van der Waals surface area contributed by atoms with Gasteiger partial charge in [0.2, 0.25) is 0 Å². The Morgan fingerprint density at radius 3 is 2.56 bits per heavy atom.